The maximum Gasteiger partial charge on any atom is 0.227 e. The number of carbonyl (C=O) groups excluding carboxylic acids is 1. The molecule has 4 rings (SSSR count). The predicted molar refractivity (Wildman–Crippen MR) is 124 cm³/mol. The van der Waals surface area contributed by atoms with Crippen molar-refractivity contribution in [1.29, 1.82) is 0 Å². The van der Waals surface area contributed by atoms with Crippen LogP contribution in [0.1, 0.15) is 17.9 Å². The number of halogens is 1. The van der Waals surface area contributed by atoms with Crippen LogP contribution in [0.15, 0.2) is 47.0 Å². The van der Waals surface area contributed by atoms with Crippen LogP contribution in [0.3, 0.4) is 0 Å². The minimum Gasteiger partial charge on any atom is -0.493 e. The monoisotopic (exact) mass is 470 g/mol. The summed E-state index contributed by atoms with van der Waals surface area (Å²) in [6, 6.07) is 13.2. The summed E-state index contributed by atoms with van der Waals surface area (Å²) in [5.41, 5.74) is 1.98. The van der Waals surface area contributed by atoms with Crippen molar-refractivity contribution < 1.29 is 18.8 Å². The fourth-order valence-corrected chi connectivity index (χ4v) is 3.96. The van der Waals surface area contributed by atoms with Gasteiger partial charge in [-0.15, -0.1) is 0 Å². The van der Waals surface area contributed by atoms with Gasteiger partial charge in [0.05, 0.1) is 14.2 Å². The van der Waals surface area contributed by atoms with Gasteiger partial charge in [-0.2, -0.15) is 4.98 Å². The van der Waals surface area contributed by atoms with Crippen LogP contribution in [0.2, 0.25) is 5.02 Å². The number of benzene rings is 2. The molecule has 0 atom stereocenters. The van der Waals surface area contributed by atoms with Crippen LogP contribution < -0.4 is 9.47 Å². The zero-order chi connectivity index (χ0) is 23.2. The summed E-state index contributed by atoms with van der Waals surface area (Å²) in [6.45, 7) is 3.85. The standard InChI is InChI=1S/C24H27ClN4O4/c1-31-20-8-3-17(15-21(20)32-2)16-28-11-13-29(14-12-28)23(30)10-9-22-26-24(27-33-22)18-4-6-19(25)7-5-18/h3-8,15H,9-14,16H2,1-2H3. The van der Waals surface area contributed by atoms with E-state index in [1.165, 1.54) is 0 Å². The summed E-state index contributed by atoms with van der Waals surface area (Å²) in [7, 11) is 3.27. The zero-order valence-corrected chi connectivity index (χ0v) is 19.5. The number of amides is 1. The van der Waals surface area contributed by atoms with Crippen molar-refractivity contribution in [2.45, 2.75) is 19.4 Å². The second-order valence-electron chi connectivity index (χ2n) is 7.86. The van der Waals surface area contributed by atoms with E-state index < -0.39 is 0 Å². The molecule has 0 saturated carbocycles. The Hall–Kier alpha value is -3.10. The first-order valence-corrected chi connectivity index (χ1v) is 11.2. The molecule has 0 spiro atoms. The zero-order valence-electron chi connectivity index (χ0n) is 18.8. The van der Waals surface area contributed by atoms with E-state index in [0.29, 0.717) is 42.7 Å². The Bertz CT molecular complexity index is 1080. The quantitative estimate of drug-likeness (QED) is 0.496. The normalized spacial score (nSPS) is 14.3. The van der Waals surface area contributed by atoms with Gasteiger partial charge in [0, 0.05) is 56.2 Å². The largest absolute Gasteiger partial charge is 0.493 e. The second kappa shape index (κ2) is 10.7. The molecule has 0 bridgehead atoms. The Balaban J connectivity index is 1.24. The summed E-state index contributed by atoms with van der Waals surface area (Å²) >= 11 is 5.92. The summed E-state index contributed by atoms with van der Waals surface area (Å²) < 4.78 is 16.0. The average Bonchev–Trinajstić information content (AvgIpc) is 3.32. The molecule has 1 aliphatic heterocycles. The average molecular weight is 471 g/mol. The van der Waals surface area contributed by atoms with Crippen LogP contribution in [0.25, 0.3) is 11.4 Å². The molecule has 0 N–H and O–H groups in total. The maximum atomic E-state index is 12.7. The molecular weight excluding hydrogens is 444 g/mol. The van der Waals surface area contributed by atoms with E-state index in [2.05, 4.69) is 15.0 Å². The number of methoxy groups -OCH3 is 2. The van der Waals surface area contributed by atoms with Crippen LogP contribution >= 0.6 is 11.6 Å². The lowest BCUT2D eigenvalue weighted by Gasteiger charge is -2.34. The van der Waals surface area contributed by atoms with Crippen molar-refractivity contribution in [2.24, 2.45) is 0 Å². The highest BCUT2D eigenvalue weighted by molar-refractivity contribution is 6.30. The minimum atomic E-state index is 0.104. The predicted octanol–water partition coefficient (Wildman–Crippen LogP) is 3.68. The van der Waals surface area contributed by atoms with Crippen molar-refractivity contribution in [1.82, 2.24) is 19.9 Å². The van der Waals surface area contributed by atoms with E-state index in [9.17, 15) is 4.79 Å². The molecule has 1 amide bonds. The number of hydrogen-bond acceptors (Lipinski definition) is 7. The molecule has 0 unspecified atom stereocenters. The summed E-state index contributed by atoms with van der Waals surface area (Å²) in [5, 5.41) is 4.65. The molecular formula is C24H27ClN4O4. The fraction of sp³-hybridized carbons (Fsp3) is 0.375. The number of aryl methyl sites for hydroxylation is 1. The van der Waals surface area contributed by atoms with Crippen molar-refractivity contribution in [3.05, 3.63) is 58.9 Å². The molecule has 33 heavy (non-hydrogen) atoms. The van der Waals surface area contributed by atoms with Gasteiger partial charge in [0.1, 0.15) is 0 Å². The van der Waals surface area contributed by atoms with Gasteiger partial charge in [0.2, 0.25) is 17.6 Å². The molecule has 2 aromatic carbocycles. The van der Waals surface area contributed by atoms with Gasteiger partial charge in [-0.25, -0.2) is 0 Å². The molecule has 1 saturated heterocycles. The lowest BCUT2D eigenvalue weighted by Crippen LogP contribution is -2.48. The lowest BCUT2D eigenvalue weighted by atomic mass is 10.1. The van der Waals surface area contributed by atoms with E-state index in [-0.39, 0.29) is 5.91 Å². The van der Waals surface area contributed by atoms with Gasteiger partial charge in [0.15, 0.2) is 11.5 Å². The molecule has 2 heterocycles. The van der Waals surface area contributed by atoms with Crippen molar-refractivity contribution in [3.63, 3.8) is 0 Å². The third kappa shape index (κ3) is 5.83. The third-order valence-corrected chi connectivity index (χ3v) is 5.95. The van der Waals surface area contributed by atoms with Gasteiger partial charge < -0.3 is 18.9 Å². The Morgan fingerprint density at radius 2 is 1.76 bits per heavy atom. The Labute approximate surface area is 198 Å². The molecule has 0 aliphatic carbocycles. The third-order valence-electron chi connectivity index (χ3n) is 5.70. The number of hydrogen-bond donors (Lipinski definition) is 0. The van der Waals surface area contributed by atoms with Crippen molar-refractivity contribution in [3.8, 4) is 22.9 Å². The van der Waals surface area contributed by atoms with E-state index in [0.717, 1.165) is 42.3 Å². The van der Waals surface area contributed by atoms with Gasteiger partial charge >= 0.3 is 0 Å². The maximum absolute atomic E-state index is 12.7. The van der Waals surface area contributed by atoms with Crippen LogP contribution in [-0.4, -0.2) is 66.2 Å². The SMILES string of the molecule is COc1ccc(CN2CCN(C(=O)CCc3nc(-c4ccc(Cl)cc4)no3)CC2)cc1OC. The molecule has 3 aromatic rings. The Kier molecular flexibility index (Phi) is 7.47. The summed E-state index contributed by atoms with van der Waals surface area (Å²) in [4.78, 5) is 21.3. The molecule has 9 heteroatoms. The highest BCUT2D eigenvalue weighted by Gasteiger charge is 2.22. The molecule has 8 nitrogen and oxygen atoms in total. The molecule has 0 radical (unpaired) electrons. The number of nitrogens with zero attached hydrogens (tertiary/aromatic N) is 4. The molecule has 1 fully saturated rings. The first-order valence-electron chi connectivity index (χ1n) is 10.9. The number of aromatic nitrogens is 2. The summed E-state index contributed by atoms with van der Waals surface area (Å²) in [6.07, 6.45) is 0.767. The van der Waals surface area contributed by atoms with Crippen LogP contribution in [0, 0.1) is 0 Å². The van der Waals surface area contributed by atoms with Gasteiger partial charge in [-0.3, -0.25) is 9.69 Å². The van der Waals surface area contributed by atoms with Crippen LogP contribution in [0.4, 0.5) is 0 Å². The smallest absolute Gasteiger partial charge is 0.227 e. The lowest BCUT2D eigenvalue weighted by molar-refractivity contribution is -0.133. The second-order valence-corrected chi connectivity index (χ2v) is 8.30. The number of rotatable bonds is 8. The molecule has 1 aromatic heterocycles. The number of carbonyl (C=O) groups is 1. The van der Waals surface area contributed by atoms with Gasteiger partial charge in [-0.05, 0) is 42.0 Å². The highest BCUT2D eigenvalue weighted by atomic mass is 35.5. The number of piperazine rings is 1. The molecule has 174 valence electrons. The number of ether oxygens (including phenoxy) is 2. The van der Waals surface area contributed by atoms with Crippen LogP contribution in [0.5, 0.6) is 11.5 Å². The first kappa shape index (κ1) is 23.1. The van der Waals surface area contributed by atoms with E-state index in [4.69, 9.17) is 25.6 Å². The Morgan fingerprint density at radius 3 is 2.45 bits per heavy atom. The van der Waals surface area contributed by atoms with E-state index in [1.807, 2.05) is 35.2 Å². The Morgan fingerprint density at radius 1 is 1.03 bits per heavy atom. The minimum absolute atomic E-state index is 0.104. The van der Waals surface area contributed by atoms with E-state index in [1.54, 1.807) is 26.4 Å². The van der Waals surface area contributed by atoms with E-state index >= 15 is 0 Å². The van der Waals surface area contributed by atoms with Gasteiger partial charge in [0.25, 0.3) is 0 Å². The van der Waals surface area contributed by atoms with Gasteiger partial charge in [-0.1, -0.05) is 22.8 Å². The highest BCUT2D eigenvalue weighted by Crippen LogP contribution is 2.28. The van der Waals surface area contributed by atoms with Crippen molar-refractivity contribution in [2.75, 3.05) is 40.4 Å². The fourth-order valence-electron chi connectivity index (χ4n) is 3.84. The summed E-state index contributed by atoms with van der Waals surface area (Å²) in [5.74, 6) is 2.51. The topological polar surface area (TPSA) is 80.9 Å². The molecule has 1 aliphatic rings. The first-order chi connectivity index (χ1) is 16.1. The van der Waals surface area contributed by atoms with Crippen LogP contribution in [-0.2, 0) is 17.8 Å². The van der Waals surface area contributed by atoms with Crippen molar-refractivity contribution >= 4 is 17.5 Å².